The second-order valence-electron chi connectivity index (χ2n) is 15.6. The summed E-state index contributed by atoms with van der Waals surface area (Å²) in [4.78, 5) is 89.2. The zero-order chi connectivity index (χ0) is 41.1. The number of hydrogen-bond acceptors (Lipinski definition) is 8. The van der Waals surface area contributed by atoms with Crippen molar-refractivity contribution in [3.63, 3.8) is 0 Å². The highest BCUT2D eigenvalue weighted by molar-refractivity contribution is 6.38. The van der Waals surface area contributed by atoms with Crippen molar-refractivity contribution in [3.05, 3.63) is 35.9 Å². The minimum atomic E-state index is -1.04. The first-order chi connectivity index (χ1) is 26.1. The van der Waals surface area contributed by atoms with Crippen LogP contribution < -0.4 is 21.3 Å². The second-order valence-corrected chi connectivity index (χ2v) is 15.6. The van der Waals surface area contributed by atoms with Crippen molar-refractivity contribution in [1.29, 1.82) is 0 Å². The van der Waals surface area contributed by atoms with Crippen molar-refractivity contribution in [1.82, 2.24) is 31.1 Å². The van der Waals surface area contributed by atoms with Gasteiger partial charge in [0.2, 0.25) is 29.9 Å². The zero-order valence-electron chi connectivity index (χ0n) is 34.3. The minimum Gasteiger partial charge on any atom is -0.444 e. The van der Waals surface area contributed by atoms with E-state index < -0.39 is 53.8 Å². The van der Waals surface area contributed by atoms with Gasteiger partial charge in [-0.05, 0) is 77.2 Å². The first-order valence-electron chi connectivity index (χ1n) is 20.0. The molecular weight excluding hydrogens is 704 g/mol. The summed E-state index contributed by atoms with van der Waals surface area (Å²) in [6, 6.07) is 6.27. The fourth-order valence-corrected chi connectivity index (χ4v) is 6.81. The molecule has 2 aliphatic carbocycles. The first-order valence-corrected chi connectivity index (χ1v) is 20.0. The van der Waals surface area contributed by atoms with Gasteiger partial charge in [-0.2, -0.15) is 0 Å². The topological polar surface area (TPSA) is 183 Å². The van der Waals surface area contributed by atoms with E-state index in [0.29, 0.717) is 43.7 Å². The maximum absolute atomic E-state index is 13.0. The van der Waals surface area contributed by atoms with Crippen LogP contribution in [0.3, 0.4) is 0 Å². The molecule has 3 fully saturated rings. The quantitative estimate of drug-likeness (QED) is 0.158. The number of carbonyl (C=O) groups excluding carboxylic acids is 7. The van der Waals surface area contributed by atoms with E-state index in [1.807, 2.05) is 34.6 Å². The van der Waals surface area contributed by atoms with Crippen molar-refractivity contribution in [2.75, 3.05) is 27.2 Å². The van der Waals surface area contributed by atoms with Gasteiger partial charge < -0.3 is 35.8 Å². The smallest absolute Gasteiger partial charge is 0.407 e. The molecule has 6 amide bonds. The molecule has 4 atom stereocenters. The van der Waals surface area contributed by atoms with E-state index in [1.165, 1.54) is 41.9 Å². The molecule has 1 aromatic carbocycles. The molecule has 3 aliphatic rings. The van der Waals surface area contributed by atoms with Crippen LogP contribution in [0.15, 0.2) is 30.3 Å². The molecule has 14 heteroatoms. The van der Waals surface area contributed by atoms with Crippen molar-refractivity contribution in [2.24, 2.45) is 11.8 Å². The van der Waals surface area contributed by atoms with E-state index >= 15 is 0 Å². The Kier molecular flexibility index (Phi) is 19.9. The van der Waals surface area contributed by atoms with Crippen LogP contribution in [-0.2, 0) is 33.5 Å². The summed E-state index contributed by atoms with van der Waals surface area (Å²) < 4.78 is 5.25. The number of likely N-dealkylation sites (tertiary alicyclic amines) is 1. The number of nitrogens with zero attached hydrogens (tertiary/aromatic N) is 2. The molecule has 4 N–H and O–H groups in total. The fourth-order valence-electron chi connectivity index (χ4n) is 6.81. The van der Waals surface area contributed by atoms with Crippen molar-refractivity contribution < 1.29 is 38.3 Å². The number of nitrogens with one attached hydrogen (secondary N) is 4. The third-order valence-electron chi connectivity index (χ3n) is 10.0. The summed E-state index contributed by atoms with van der Waals surface area (Å²) in [5.41, 5.74) is 0.174. The third-order valence-corrected chi connectivity index (χ3v) is 10.0. The number of carbonyl (C=O) groups is 7. The maximum atomic E-state index is 13.0. The van der Waals surface area contributed by atoms with E-state index in [9.17, 15) is 33.6 Å². The van der Waals surface area contributed by atoms with Gasteiger partial charge in [-0.3, -0.25) is 28.8 Å². The predicted molar refractivity (Wildman–Crippen MR) is 210 cm³/mol. The standard InChI is InChI=1S/C26H35N5O6.C13H25NO2.C2H6/c1-30(2)26(37)22(18-10-4-3-5-11-18)29-21(33)15-27-25(36)23(34)19(14-17-8-6-9-17)28-24(35)20-12-7-13-31(20)16-32;1-10(11-8-6-5-7-9-11)14-12(15)16-13(2,3)4;1-2/h3-5,10-11,16-17,19-20,22H,6-9,12-15H2,1-2H3,(H,27,36)(H,28,35)(H,29,33);10-11H,5-9H2,1-4H3,(H,14,15);1-2H3. The maximum Gasteiger partial charge on any atom is 0.407 e. The first kappa shape index (κ1) is 46.7. The molecule has 308 valence electrons. The van der Waals surface area contributed by atoms with Gasteiger partial charge in [-0.25, -0.2) is 4.79 Å². The number of likely N-dealkylation sites (N-methyl/N-ethyl adjacent to an activating group) is 1. The molecule has 0 aromatic heterocycles. The molecule has 0 radical (unpaired) electrons. The van der Waals surface area contributed by atoms with Gasteiger partial charge in [0.05, 0.1) is 12.6 Å². The Bertz CT molecular complexity index is 1400. The number of hydrogen-bond donors (Lipinski definition) is 4. The number of rotatable bonds is 14. The van der Waals surface area contributed by atoms with Crippen molar-refractivity contribution in [2.45, 2.75) is 142 Å². The van der Waals surface area contributed by atoms with Gasteiger partial charge in [-0.1, -0.05) is 82.7 Å². The van der Waals surface area contributed by atoms with Gasteiger partial charge in [0.25, 0.3) is 5.91 Å². The Labute approximate surface area is 327 Å². The van der Waals surface area contributed by atoms with Crippen LogP contribution in [0, 0.1) is 11.8 Å². The minimum absolute atomic E-state index is 0.222. The Morgan fingerprint density at radius 2 is 1.51 bits per heavy atom. The van der Waals surface area contributed by atoms with Gasteiger partial charge >= 0.3 is 6.09 Å². The Morgan fingerprint density at radius 3 is 2.05 bits per heavy atom. The molecule has 1 aliphatic heterocycles. The van der Waals surface area contributed by atoms with Gasteiger partial charge in [0.1, 0.15) is 17.7 Å². The number of Topliss-reactive ketones (excluding diaryl/α,β-unsaturated/α-hetero) is 1. The molecular formula is C41H66N6O8. The average molecular weight is 771 g/mol. The van der Waals surface area contributed by atoms with Crippen LogP contribution in [0.25, 0.3) is 0 Å². The Morgan fingerprint density at radius 1 is 0.873 bits per heavy atom. The SMILES string of the molecule is CC.CC(NC(=O)OC(C)(C)C)C1CCCCC1.CN(C)C(=O)C(NC(=O)CNC(=O)C(=O)C(CC1CCC1)NC(=O)C1CCCN1C=O)c1ccccc1. The average Bonchev–Trinajstić information content (AvgIpc) is 3.63. The van der Waals surface area contributed by atoms with Gasteiger partial charge in [0, 0.05) is 26.7 Å². The lowest BCUT2D eigenvalue weighted by atomic mass is 9.80. The van der Waals surface area contributed by atoms with Gasteiger partial charge in [-0.15, -0.1) is 0 Å². The van der Waals surface area contributed by atoms with Crippen LogP contribution in [0.5, 0.6) is 0 Å². The highest BCUT2D eigenvalue weighted by atomic mass is 16.6. The molecule has 2 saturated carbocycles. The number of ketones is 1. The molecule has 1 heterocycles. The normalized spacial score (nSPS) is 18.5. The Hall–Kier alpha value is -4.49. The van der Waals surface area contributed by atoms with Gasteiger partial charge in [0.15, 0.2) is 0 Å². The second kappa shape index (κ2) is 23.4. The van der Waals surface area contributed by atoms with E-state index in [4.69, 9.17) is 4.74 Å². The van der Waals surface area contributed by atoms with Crippen LogP contribution in [-0.4, -0.2) is 103 Å². The number of benzene rings is 1. The molecule has 4 rings (SSSR count). The lowest BCUT2D eigenvalue weighted by Crippen LogP contribution is -2.54. The summed E-state index contributed by atoms with van der Waals surface area (Å²) in [6.07, 6.45) is 11.1. The fraction of sp³-hybridized carbons (Fsp3) is 0.683. The molecule has 1 aromatic rings. The van der Waals surface area contributed by atoms with Crippen LogP contribution in [0.1, 0.15) is 124 Å². The molecule has 0 bridgehead atoms. The number of alkyl carbamates (subject to hydrolysis) is 1. The van der Waals surface area contributed by atoms with E-state index in [-0.39, 0.29) is 24.0 Å². The Balaban J connectivity index is 0.000000485. The monoisotopic (exact) mass is 770 g/mol. The zero-order valence-corrected chi connectivity index (χ0v) is 34.3. The van der Waals surface area contributed by atoms with E-state index in [2.05, 4.69) is 28.2 Å². The predicted octanol–water partition coefficient (Wildman–Crippen LogP) is 4.42. The highest BCUT2D eigenvalue weighted by Gasteiger charge is 2.36. The largest absolute Gasteiger partial charge is 0.444 e. The molecule has 4 unspecified atom stereocenters. The number of amides is 6. The lowest BCUT2D eigenvalue weighted by molar-refractivity contribution is -0.142. The highest BCUT2D eigenvalue weighted by Crippen LogP contribution is 2.31. The van der Waals surface area contributed by atoms with Crippen LogP contribution in [0.2, 0.25) is 0 Å². The van der Waals surface area contributed by atoms with Crippen molar-refractivity contribution >= 4 is 41.9 Å². The van der Waals surface area contributed by atoms with E-state index in [0.717, 1.165) is 19.3 Å². The van der Waals surface area contributed by atoms with Crippen LogP contribution in [0.4, 0.5) is 4.79 Å². The summed E-state index contributed by atoms with van der Waals surface area (Å²) in [5.74, 6) is -2.43. The molecule has 1 saturated heterocycles. The van der Waals surface area contributed by atoms with E-state index in [1.54, 1.807) is 44.4 Å². The summed E-state index contributed by atoms with van der Waals surface area (Å²) >= 11 is 0. The summed E-state index contributed by atoms with van der Waals surface area (Å²) in [7, 11) is 3.14. The molecule has 14 nitrogen and oxygen atoms in total. The summed E-state index contributed by atoms with van der Waals surface area (Å²) in [6.45, 7) is 11.7. The molecule has 0 spiro atoms. The lowest BCUT2D eigenvalue weighted by Gasteiger charge is -2.30. The third kappa shape index (κ3) is 16.0. The van der Waals surface area contributed by atoms with Crippen LogP contribution >= 0.6 is 0 Å². The molecule has 55 heavy (non-hydrogen) atoms. The number of ether oxygens (including phenoxy) is 1. The van der Waals surface area contributed by atoms with Crippen molar-refractivity contribution in [3.8, 4) is 0 Å². The summed E-state index contributed by atoms with van der Waals surface area (Å²) in [5, 5.41) is 10.5.